The molecule has 0 fully saturated rings. The summed E-state index contributed by atoms with van der Waals surface area (Å²) in [6, 6.07) is 13.0. The van der Waals surface area contributed by atoms with Gasteiger partial charge in [-0.1, -0.05) is 18.2 Å². The van der Waals surface area contributed by atoms with Crippen LogP contribution >= 0.6 is 0 Å². The summed E-state index contributed by atoms with van der Waals surface area (Å²) in [4.78, 5) is 16.9. The van der Waals surface area contributed by atoms with Gasteiger partial charge in [0.15, 0.2) is 0 Å². The van der Waals surface area contributed by atoms with Crippen molar-refractivity contribution >= 4 is 28.2 Å². The minimum atomic E-state index is -0.444. The van der Waals surface area contributed by atoms with Crippen molar-refractivity contribution in [3.05, 3.63) is 65.6 Å². The minimum absolute atomic E-state index is 0.184. The van der Waals surface area contributed by atoms with Gasteiger partial charge in [-0.3, -0.25) is 9.78 Å². The van der Waals surface area contributed by atoms with Crippen LogP contribution in [0.3, 0.4) is 0 Å². The van der Waals surface area contributed by atoms with E-state index in [0.29, 0.717) is 11.3 Å². The van der Waals surface area contributed by atoms with Gasteiger partial charge in [-0.2, -0.15) is 0 Å². The summed E-state index contributed by atoms with van der Waals surface area (Å²) < 4.78 is 13.1. The van der Waals surface area contributed by atoms with Gasteiger partial charge < -0.3 is 11.1 Å². The van der Waals surface area contributed by atoms with Crippen LogP contribution < -0.4 is 11.1 Å². The van der Waals surface area contributed by atoms with Crippen molar-refractivity contribution in [3.63, 3.8) is 0 Å². The van der Waals surface area contributed by atoms with E-state index in [-0.39, 0.29) is 11.6 Å². The number of nitrogens with zero attached hydrogens (tertiary/aromatic N) is 1. The zero-order chi connectivity index (χ0) is 15.7. The standard InChI is InChI=1S/C17H14FN3O/c1-10-8-13(12-4-2-3-5-15(12)20-10)17(22)21-16-7-6-11(18)9-14(16)19/h2-9H,19H2,1H3,(H,21,22). The van der Waals surface area contributed by atoms with E-state index < -0.39 is 5.82 Å². The molecule has 2 aromatic carbocycles. The third kappa shape index (κ3) is 2.61. The summed E-state index contributed by atoms with van der Waals surface area (Å²) in [6.07, 6.45) is 0. The highest BCUT2D eigenvalue weighted by atomic mass is 19.1. The Balaban J connectivity index is 2.02. The molecule has 0 unspecified atom stereocenters. The zero-order valence-electron chi connectivity index (χ0n) is 11.9. The van der Waals surface area contributed by atoms with Crippen LogP contribution in [-0.4, -0.2) is 10.9 Å². The quantitative estimate of drug-likeness (QED) is 0.711. The van der Waals surface area contributed by atoms with Crippen LogP contribution in [0.5, 0.6) is 0 Å². The summed E-state index contributed by atoms with van der Waals surface area (Å²) in [5.41, 5.74) is 8.29. The van der Waals surface area contributed by atoms with Gasteiger partial charge in [0.2, 0.25) is 0 Å². The molecule has 0 spiro atoms. The second kappa shape index (κ2) is 5.44. The van der Waals surface area contributed by atoms with Gasteiger partial charge in [0.25, 0.3) is 5.91 Å². The van der Waals surface area contributed by atoms with Crippen LogP contribution in [0.1, 0.15) is 16.1 Å². The van der Waals surface area contributed by atoms with E-state index in [4.69, 9.17) is 5.73 Å². The largest absolute Gasteiger partial charge is 0.397 e. The number of benzene rings is 2. The van der Waals surface area contributed by atoms with Crippen molar-refractivity contribution in [1.82, 2.24) is 4.98 Å². The Kier molecular flexibility index (Phi) is 3.47. The van der Waals surface area contributed by atoms with Gasteiger partial charge in [-0.25, -0.2) is 4.39 Å². The summed E-state index contributed by atoms with van der Waals surface area (Å²) >= 11 is 0. The van der Waals surface area contributed by atoms with Crippen LogP contribution in [0.25, 0.3) is 10.9 Å². The number of carbonyl (C=O) groups is 1. The number of halogens is 1. The van der Waals surface area contributed by atoms with Gasteiger partial charge in [0.1, 0.15) is 5.82 Å². The average Bonchev–Trinajstić information content (AvgIpc) is 2.49. The van der Waals surface area contributed by atoms with Crippen LogP contribution in [0.4, 0.5) is 15.8 Å². The SMILES string of the molecule is Cc1cc(C(=O)Nc2ccc(F)cc2N)c2ccccc2n1. The zero-order valence-corrected chi connectivity index (χ0v) is 11.9. The van der Waals surface area contributed by atoms with E-state index >= 15 is 0 Å². The molecule has 1 amide bonds. The molecule has 110 valence electrons. The highest BCUT2D eigenvalue weighted by Crippen LogP contribution is 2.23. The molecule has 1 heterocycles. The van der Waals surface area contributed by atoms with Gasteiger partial charge >= 0.3 is 0 Å². The Labute approximate surface area is 126 Å². The maximum Gasteiger partial charge on any atom is 0.256 e. The number of pyridine rings is 1. The van der Waals surface area contributed by atoms with Crippen molar-refractivity contribution < 1.29 is 9.18 Å². The molecular weight excluding hydrogens is 281 g/mol. The molecular formula is C17H14FN3O. The van der Waals surface area contributed by atoms with Crippen LogP contribution in [0.15, 0.2) is 48.5 Å². The number of rotatable bonds is 2. The number of nitrogen functional groups attached to an aromatic ring is 1. The first kappa shape index (κ1) is 14.0. The number of para-hydroxylation sites is 1. The number of fused-ring (bicyclic) bond motifs is 1. The molecule has 0 aliphatic rings. The number of anilines is 2. The monoisotopic (exact) mass is 295 g/mol. The molecule has 22 heavy (non-hydrogen) atoms. The van der Waals surface area contributed by atoms with Crippen LogP contribution in [-0.2, 0) is 0 Å². The summed E-state index contributed by atoms with van der Waals surface area (Å²) in [6.45, 7) is 1.83. The lowest BCUT2D eigenvalue weighted by Gasteiger charge is -2.10. The normalized spacial score (nSPS) is 10.6. The summed E-state index contributed by atoms with van der Waals surface area (Å²) in [5.74, 6) is -0.749. The summed E-state index contributed by atoms with van der Waals surface area (Å²) in [5, 5.41) is 3.47. The molecule has 1 aromatic heterocycles. The lowest BCUT2D eigenvalue weighted by Crippen LogP contribution is -2.14. The fraction of sp³-hybridized carbons (Fsp3) is 0.0588. The Morgan fingerprint density at radius 2 is 1.95 bits per heavy atom. The molecule has 3 aromatic rings. The second-order valence-electron chi connectivity index (χ2n) is 5.01. The first-order chi connectivity index (χ1) is 10.5. The van der Waals surface area contributed by atoms with E-state index in [0.717, 1.165) is 16.6 Å². The third-order valence-electron chi connectivity index (χ3n) is 3.35. The highest BCUT2D eigenvalue weighted by Gasteiger charge is 2.13. The second-order valence-corrected chi connectivity index (χ2v) is 5.01. The van der Waals surface area contributed by atoms with E-state index in [1.54, 1.807) is 6.07 Å². The Morgan fingerprint density at radius 3 is 2.73 bits per heavy atom. The van der Waals surface area contributed by atoms with E-state index in [1.165, 1.54) is 18.2 Å². The Bertz CT molecular complexity index is 877. The number of aromatic nitrogens is 1. The predicted octanol–water partition coefficient (Wildman–Crippen LogP) is 3.52. The number of hydrogen-bond donors (Lipinski definition) is 2. The minimum Gasteiger partial charge on any atom is -0.397 e. The van der Waals surface area contributed by atoms with Gasteiger partial charge in [-0.15, -0.1) is 0 Å². The predicted molar refractivity (Wildman–Crippen MR) is 85.2 cm³/mol. The van der Waals surface area contributed by atoms with Gasteiger partial charge in [0.05, 0.1) is 22.5 Å². The van der Waals surface area contributed by atoms with E-state index in [9.17, 15) is 9.18 Å². The van der Waals surface area contributed by atoms with Crippen molar-refractivity contribution in [2.24, 2.45) is 0 Å². The molecule has 0 atom stereocenters. The molecule has 0 radical (unpaired) electrons. The smallest absolute Gasteiger partial charge is 0.256 e. The van der Waals surface area contributed by atoms with Crippen LogP contribution in [0.2, 0.25) is 0 Å². The lowest BCUT2D eigenvalue weighted by atomic mass is 10.1. The third-order valence-corrected chi connectivity index (χ3v) is 3.35. The molecule has 0 aliphatic heterocycles. The molecule has 0 bridgehead atoms. The van der Waals surface area contributed by atoms with Gasteiger partial charge in [0, 0.05) is 11.1 Å². The molecule has 3 N–H and O–H groups in total. The Hall–Kier alpha value is -2.95. The van der Waals surface area contributed by atoms with Crippen molar-refractivity contribution in [2.45, 2.75) is 6.92 Å². The number of amides is 1. The average molecular weight is 295 g/mol. The van der Waals surface area contributed by atoms with Gasteiger partial charge in [-0.05, 0) is 37.3 Å². The van der Waals surface area contributed by atoms with E-state index in [2.05, 4.69) is 10.3 Å². The molecule has 0 saturated carbocycles. The van der Waals surface area contributed by atoms with Crippen molar-refractivity contribution in [3.8, 4) is 0 Å². The number of nitrogens with two attached hydrogens (primary N) is 1. The number of hydrogen-bond acceptors (Lipinski definition) is 3. The summed E-state index contributed by atoms with van der Waals surface area (Å²) in [7, 11) is 0. The first-order valence-corrected chi connectivity index (χ1v) is 6.77. The molecule has 4 nitrogen and oxygen atoms in total. The molecule has 3 rings (SSSR count). The lowest BCUT2D eigenvalue weighted by molar-refractivity contribution is 0.102. The maximum atomic E-state index is 13.1. The van der Waals surface area contributed by atoms with Crippen molar-refractivity contribution in [2.75, 3.05) is 11.1 Å². The number of carbonyl (C=O) groups excluding carboxylic acids is 1. The highest BCUT2D eigenvalue weighted by molar-refractivity contribution is 6.13. The number of nitrogens with one attached hydrogen (secondary N) is 1. The molecule has 0 saturated heterocycles. The number of aryl methyl sites for hydroxylation is 1. The fourth-order valence-electron chi connectivity index (χ4n) is 2.33. The van der Waals surface area contributed by atoms with Crippen LogP contribution in [0, 0.1) is 12.7 Å². The maximum absolute atomic E-state index is 13.1. The fourth-order valence-corrected chi connectivity index (χ4v) is 2.33. The molecule has 0 aliphatic carbocycles. The topological polar surface area (TPSA) is 68.0 Å². The molecule has 5 heteroatoms. The Morgan fingerprint density at radius 1 is 1.18 bits per heavy atom. The van der Waals surface area contributed by atoms with Crippen molar-refractivity contribution in [1.29, 1.82) is 0 Å². The first-order valence-electron chi connectivity index (χ1n) is 6.77. The van der Waals surface area contributed by atoms with E-state index in [1.807, 2.05) is 31.2 Å².